The van der Waals surface area contributed by atoms with Crippen LogP contribution in [0.5, 0.6) is 0 Å². The van der Waals surface area contributed by atoms with E-state index in [1.54, 1.807) is 6.08 Å². The molecule has 0 aromatic heterocycles. The highest BCUT2D eigenvalue weighted by Gasteiger charge is 2.07. The standard InChI is InChI=1S/C12H17IO2Si/c1-16(2,3)10-5-4-8-12(15)11(13)7-6-9-14/h7,12,14-15H,6,9H2,1-3H3/b11-7-/t12-/m0/s1. The number of halogens is 1. The maximum absolute atomic E-state index is 9.59. The third-order valence-electron chi connectivity index (χ3n) is 1.44. The van der Waals surface area contributed by atoms with E-state index in [0.29, 0.717) is 6.42 Å². The molecule has 0 bridgehead atoms. The fraction of sp³-hybridized carbons (Fsp3) is 0.500. The molecule has 0 rings (SSSR count). The van der Waals surface area contributed by atoms with Gasteiger partial charge in [-0.1, -0.05) is 31.6 Å². The van der Waals surface area contributed by atoms with Gasteiger partial charge in [-0.05, 0) is 40.9 Å². The maximum atomic E-state index is 9.59. The number of hydrogen-bond acceptors (Lipinski definition) is 2. The topological polar surface area (TPSA) is 40.5 Å². The molecule has 0 spiro atoms. The molecule has 0 fully saturated rings. The zero-order valence-electron chi connectivity index (χ0n) is 9.84. The Labute approximate surface area is 112 Å². The molecule has 0 amide bonds. The van der Waals surface area contributed by atoms with E-state index >= 15 is 0 Å². The van der Waals surface area contributed by atoms with Crippen LogP contribution in [0.4, 0.5) is 0 Å². The van der Waals surface area contributed by atoms with E-state index in [1.165, 1.54) is 0 Å². The molecule has 0 radical (unpaired) electrons. The first-order valence-electron chi connectivity index (χ1n) is 5.04. The van der Waals surface area contributed by atoms with Gasteiger partial charge in [0.15, 0.2) is 0 Å². The summed E-state index contributed by atoms with van der Waals surface area (Å²) in [5.41, 5.74) is 3.10. The van der Waals surface area contributed by atoms with Crippen LogP contribution in [0.1, 0.15) is 6.42 Å². The second kappa shape index (κ2) is 7.91. The highest BCUT2D eigenvalue weighted by atomic mass is 127. The Balaban J connectivity index is 4.39. The molecule has 0 aliphatic heterocycles. The maximum Gasteiger partial charge on any atom is 0.146 e. The fourth-order valence-electron chi connectivity index (χ4n) is 0.706. The first-order valence-corrected chi connectivity index (χ1v) is 9.62. The largest absolute Gasteiger partial charge is 0.396 e. The van der Waals surface area contributed by atoms with Gasteiger partial charge in [0.25, 0.3) is 0 Å². The number of rotatable bonds is 3. The van der Waals surface area contributed by atoms with Gasteiger partial charge in [-0.2, -0.15) is 0 Å². The average Bonchev–Trinajstić information content (AvgIpc) is 2.19. The van der Waals surface area contributed by atoms with Crippen molar-refractivity contribution in [2.45, 2.75) is 32.2 Å². The molecule has 0 unspecified atom stereocenters. The van der Waals surface area contributed by atoms with Crippen LogP contribution in [0.25, 0.3) is 0 Å². The smallest absolute Gasteiger partial charge is 0.146 e. The van der Waals surface area contributed by atoms with Gasteiger partial charge >= 0.3 is 0 Å². The van der Waals surface area contributed by atoms with Crippen molar-refractivity contribution in [1.29, 1.82) is 0 Å². The first kappa shape index (κ1) is 15.7. The summed E-state index contributed by atoms with van der Waals surface area (Å²) in [6.07, 6.45) is 1.52. The quantitative estimate of drug-likeness (QED) is 0.465. The van der Waals surface area contributed by atoms with E-state index in [0.717, 1.165) is 3.58 Å². The molecule has 1 atom stereocenters. The van der Waals surface area contributed by atoms with Gasteiger partial charge in [0.2, 0.25) is 0 Å². The zero-order valence-corrected chi connectivity index (χ0v) is 13.0. The zero-order chi connectivity index (χ0) is 12.6. The minimum Gasteiger partial charge on any atom is -0.396 e. The van der Waals surface area contributed by atoms with E-state index in [9.17, 15) is 5.11 Å². The van der Waals surface area contributed by atoms with Gasteiger partial charge < -0.3 is 10.2 Å². The number of aliphatic hydroxyl groups excluding tert-OH is 2. The monoisotopic (exact) mass is 348 g/mol. The summed E-state index contributed by atoms with van der Waals surface area (Å²) >= 11 is 2.02. The molecular weight excluding hydrogens is 331 g/mol. The van der Waals surface area contributed by atoms with Gasteiger partial charge in [-0.15, -0.1) is 5.54 Å². The van der Waals surface area contributed by atoms with E-state index in [2.05, 4.69) is 42.9 Å². The Morgan fingerprint density at radius 3 is 2.50 bits per heavy atom. The molecule has 0 saturated heterocycles. The third kappa shape index (κ3) is 8.99. The van der Waals surface area contributed by atoms with Crippen molar-refractivity contribution < 1.29 is 10.2 Å². The van der Waals surface area contributed by atoms with Crippen LogP contribution in [0, 0.1) is 23.3 Å². The lowest BCUT2D eigenvalue weighted by molar-refractivity contribution is 0.276. The normalized spacial score (nSPS) is 13.2. The highest BCUT2D eigenvalue weighted by Crippen LogP contribution is 2.11. The summed E-state index contributed by atoms with van der Waals surface area (Å²) in [4.78, 5) is 0. The van der Waals surface area contributed by atoms with Gasteiger partial charge in [-0.3, -0.25) is 0 Å². The average molecular weight is 348 g/mol. The lowest BCUT2D eigenvalue weighted by atomic mass is 10.3. The van der Waals surface area contributed by atoms with Crippen LogP contribution in [0.3, 0.4) is 0 Å². The Bertz CT molecular complexity index is 360. The molecule has 0 aromatic carbocycles. The Kier molecular flexibility index (Phi) is 7.78. The van der Waals surface area contributed by atoms with Crippen molar-refractivity contribution in [2.24, 2.45) is 0 Å². The molecule has 0 aliphatic rings. The SMILES string of the molecule is C[Si](C)(C)C#CC#C[C@H](O)/C(I)=C/CCO. The van der Waals surface area contributed by atoms with Crippen LogP contribution in [-0.2, 0) is 0 Å². The van der Waals surface area contributed by atoms with Crippen molar-refractivity contribution in [1.82, 2.24) is 0 Å². The van der Waals surface area contributed by atoms with Crippen molar-refractivity contribution in [3.05, 3.63) is 9.66 Å². The highest BCUT2D eigenvalue weighted by molar-refractivity contribution is 14.1. The first-order chi connectivity index (χ1) is 7.37. The van der Waals surface area contributed by atoms with Crippen LogP contribution in [0.15, 0.2) is 9.66 Å². The van der Waals surface area contributed by atoms with Gasteiger partial charge in [-0.25, -0.2) is 0 Å². The van der Waals surface area contributed by atoms with Crippen molar-refractivity contribution in [3.63, 3.8) is 0 Å². The van der Waals surface area contributed by atoms with Gasteiger partial charge in [0.1, 0.15) is 14.2 Å². The minimum absolute atomic E-state index is 0.0854. The summed E-state index contributed by atoms with van der Waals surface area (Å²) in [5.74, 6) is 8.10. The fourth-order valence-corrected chi connectivity index (χ4v) is 1.61. The molecule has 0 heterocycles. The minimum atomic E-state index is -1.37. The summed E-state index contributed by atoms with van der Waals surface area (Å²) in [5, 5.41) is 18.2. The molecule has 16 heavy (non-hydrogen) atoms. The summed E-state index contributed by atoms with van der Waals surface area (Å²) in [6.45, 7) is 6.51. The second-order valence-electron chi connectivity index (χ2n) is 4.27. The van der Waals surface area contributed by atoms with E-state index in [1.807, 2.05) is 22.6 Å². The molecule has 2 N–H and O–H groups in total. The van der Waals surface area contributed by atoms with Crippen molar-refractivity contribution in [3.8, 4) is 23.3 Å². The molecule has 0 saturated carbocycles. The van der Waals surface area contributed by atoms with Crippen LogP contribution in [-0.4, -0.2) is 31.0 Å². The van der Waals surface area contributed by atoms with E-state index in [4.69, 9.17) is 5.11 Å². The molecular formula is C12H17IO2Si. The summed E-state index contributed by atoms with van der Waals surface area (Å²) in [6, 6.07) is 0. The molecule has 0 aromatic rings. The summed E-state index contributed by atoms with van der Waals surface area (Å²) < 4.78 is 0.731. The predicted octanol–water partition coefficient (Wildman–Crippen LogP) is 1.93. The molecule has 2 nitrogen and oxygen atoms in total. The Hall–Kier alpha value is -0.273. The third-order valence-corrected chi connectivity index (χ3v) is 3.34. The van der Waals surface area contributed by atoms with Crippen LogP contribution < -0.4 is 0 Å². The lowest BCUT2D eigenvalue weighted by Gasteiger charge is -2.02. The molecule has 88 valence electrons. The lowest BCUT2D eigenvalue weighted by Crippen LogP contribution is -2.16. The van der Waals surface area contributed by atoms with Gasteiger partial charge in [0, 0.05) is 10.2 Å². The van der Waals surface area contributed by atoms with Gasteiger partial charge in [0.05, 0.1) is 0 Å². The number of aliphatic hydroxyl groups is 2. The number of hydrogen-bond donors (Lipinski definition) is 2. The van der Waals surface area contributed by atoms with Crippen molar-refractivity contribution >= 4 is 30.7 Å². The Morgan fingerprint density at radius 2 is 2.00 bits per heavy atom. The predicted molar refractivity (Wildman–Crippen MR) is 78.7 cm³/mol. The second-order valence-corrected chi connectivity index (χ2v) is 10.3. The summed E-state index contributed by atoms with van der Waals surface area (Å²) in [7, 11) is -1.37. The van der Waals surface area contributed by atoms with E-state index in [-0.39, 0.29) is 6.61 Å². The van der Waals surface area contributed by atoms with Crippen LogP contribution >= 0.6 is 22.6 Å². The Morgan fingerprint density at radius 1 is 1.38 bits per heavy atom. The van der Waals surface area contributed by atoms with Crippen LogP contribution in [0.2, 0.25) is 19.6 Å². The molecule has 4 heteroatoms. The molecule has 0 aliphatic carbocycles. The van der Waals surface area contributed by atoms with Crippen molar-refractivity contribution in [2.75, 3.05) is 6.61 Å². The van der Waals surface area contributed by atoms with E-state index < -0.39 is 14.2 Å².